The van der Waals surface area contributed by atoms with Gasteiger partial charge in [0.15, 0.2) is 5.43 Å². The van der Waals surface area contributed by atoms with E-state index in [-0.39, 0.29) is 12.0 Å². The van der Waals surface area contributed by atoms with Crippen molar-refractivity contribution in [2.75, 3.05) is 0 Å². The van der Waals surface area contributed by atoms with Crippen LogP contribution in [-0.2, 0) is 6.61 Å². The molecule has 1 aromatic heterocycles. The molecule has 2 rings (SSSR count). The van der Waals surface area contributed by atoms with Crippen LogP contribution in [0.2, 0.25) is 0 Å². The molecule has 72 valence electrons. The Kier molecular flexibility index (Phi) is 2.39. The van der Waals surface area contributed by atoms with Crippen LogP contribution in [0.15, 0.2) is 33.7 Å². The van der Waals surface area contributed by atoms with Crippen molar-refractivity contribution in [2.24, 2.45) is 0 Å². The van der Waals surface area contributed by atoms with E-state index in [1.807, 2.05) is 6.07 Å². The number of hydrogen-bond donors (Lipinski definition) is 2. The topological polar surface area (TPSA) is 53.1 Å². The summed E-state index contributed by atoms with van der Waals surface area (Å²) in [5, 5.41) is 9.50. The number of rotatable bonds is 1. The first-order chi connectivity index (χ1) is 6.72. The first-order valence-electron chi connectivity index (χ1n) is 4.13. The Labute approximate surface area is 88.5 Å². The molecule has 14 heavy (non-hydrogen) atoms. The maximum Gasteiger partial charge on any atom is 0.194 e. The van der Waals surface area contributed by atoms with Gasteiger partial charge in [-0.15, -0.1) is 0 Å². The molecule has 2 aromatic rings. The van der Waals surface area contributed by atoms with Crippen LogP contribution >= 0.6 is 15.9 Å². The van der Waals surface area contributed by atoms with Crippen molar-refractivity contribution in [3.63, 3.8) is 0 Å². The van der Waals surface area contributed by atoms with E-state index in [1.165, 1.54) is 6.20 Å². The predicted octanol–water partition coefficient (Wildman–Crippen LogP) is 1.78. The van der Waals surface area contributed by atoms with Crippen molar-refractivity contribution in [1.82, 2.24) is 4.98 Å². The smallest absolute Gasteiger partial charge is 0.194 e. The number of aliphatic hydroxyl groups excluding tert-OH is 1. The molecule has 1 heterocycles. The number of fused-ring (bicyclic) bond motifs is 1. The van der Waals surface area contributed by atoms with Gasteiger partial charge >= 0.3 is 0 Å². The summed E-state index contributed by atoms with van der Waals surface area (Å²) in [6.45, 7) is -0.235. The summed E-state index contributed by atoms with van der Waals surface area (Å²) in [6.07, 6.45) is 1.54. The third-order valence-electron chi connectivity index (χ3n) is 2.09. The van der Waals surface area contributed by atoms with Crippen LogP contribution in [-0.4, -0.2) is 10.1 Å². The second-order valence-electron chi connectivity index (χ2n) is 2.99. The molecular weight excluding hydrogens is 246 g/mol. The Morgan fingerprint density at radius 1 is 1.43 bits per heavy atom. The van der Waals surface area contributed by atoms with E-state index in [9.17, 15) is 4.79 Å². The van der Waals surface area contributed by atoms with Crippen molar-refractivity contribution >= 4 is 26.8 Å². The molecule has 0 fully saturated rings. The fraction of sp³-hybridized carbons (Fsp3) is 0.100. The van der Waals surface area contributed by atoms with Crippen LogP contribution in [0.4, 0.5) is 0 Å². The zero-order chi connectivity index (χ0) is 10.1. The molecule has 0 radical (unpaired) electrons. The average molecular weight is 254 g/mol. The highest BCUT2D eigenvalue weighted by atomic mass is 79.9. The summed E-state index contributed by atoms with van der Waals surface area (Å²) in [7, 11) is 0. The van der Waals surface area contributed by atoms with E-state index in [4.69, 9.17) is 5.11 Å². The maximum atomic E-state index is 11.7. The van der Waals surface area contributed by atoms with Gasteiger partial charge in [0.2, 0.25) is 0 Å². The molecule has 0 amide bonds. The predicted molar refractivity (Wildman–Crippen MR) is 58.2 cm³/mol. The van der Waals surface area contributed by atoms with Crippen molar-refractivity contribution in [3.05, 3.63) is 44.7 Å². The zero-order valence-electron chi connectivity index (χ0n) is 7.25. The normalized spacial score (nSPS) is 10.7. The lowest BCUT2D eigenvalue weighted by Crippen LogP contribution is -2.09. The van der Waals surface area contributed by atoms with E-state index in [2.05, 4.69) is 20.9 Å². The molecule has 0 saturated carbocycles. The van der Waals surface area contributed by atoms with Gasteiger partial charge < -0.3 is 10.1 Å². The van der Waals surface area contributed by atoms with E-state index >= 15 is 0 Å². The quantitative estimate of drug-likeness (QED) is 0.815. The van der Waals surface area contributed by atoms with E-state index < -0.39 is 0 Å². The minimum atomic E-state index is -0.235. The number of hydrogen-bond acceptors (Lipinski definition) is 2. The van der Waals surface area contributed by atoms with Gasteiger partial charge in [-0.2, -0.15) is 0 Å². The van der Waals surface area contributed by atoms with Crippen LogP contribution in [0.3, 0.4) is 0 Å². The average Bonchev–Trinajstić information content (AvgIpc) is 2.18. The number of halogens is 1. The zero-order valence-corrected chi connectivity index (χ0v) is 8.84. The molecule has 0 saturated heterocycles. The molecule has 0 spiro atoms. The number of nitrogens with one attached hydrogen (secondary N) is 1. The lowest BCUT2D eigenvalue weighted by atomic mass is 10.1. The largest absolute Gasteiger partial charge is 0.391 e. The van der Waals surface area contributed by atoms with Gasteiger partial charge in [0.1, 0.15) is 0 Å². The number of benzene rings is 1. The van der Waals surface area contributed by atoms with Crippen LogP contribution in [0.5, 0.6) is 0 Å². The SMILES string of the molecule is O=c1c(CO)c[nH]c2cc(Br)ccc12. The van der Waals surface area contributed by atoms with Crippen LogP contribution in [0, 0.1) is 0 Å². The first-order valence-corrected chi connectivity index (χ1v) is 4.92. The molecule has 2 N–H and O–H groups in total. The van der Waals surface area contributed by atoms with Gasteiger partial charge in [-0.1, -0.05) is 15.9 Å². The molecular formula is C10H8BrNO2. The molecule has 0 aliphatic rings. The summed E-state index contributed by atoms with van der Waals surface area (Å²) in [5.41, 5.74) is 1.04. The monoisotopic (exact) mass is 253 g/mol. The summed E-state index contributed by atoms with van der Waals surface area (Å²) in [6, 6.07) is 5.37. The van der Waals surface area contributed by atoms with Crippen LogP contribution in [0.1, 0.15) is 5.56 Å². The summed E-state index contributed by atoms with van der Waals surface area (Å²) < 4.78 is 0.914. The number of aromatic amines is 1. The summed E-state index contributed by atoms with van der Waals surface area (Å²) >= 11 is 3.32. The lowest BCUT2D eigenvalue weighted by molar-refractivity contribution is 0.280. The number of aromatic nitrogens is 1. The molecule has 0 atom stereocenters. The van der Waals surface area contributed by atoms with Gasteiger partial charge in [0.25, 0.3) is 0 Å². The highest BCUT2D eigenvalue weighted by Gasteiger charge is 2.03. The third kappa shape index (κ3) is 1.47. The fourth-order valence-electron chi connectivity index (χ4n) is 1.35. The van der Waals surface area contributed by atoms with Crippen LogP contribution < -0.4 is 5.43 Å². The minimum absolute atomic E-state index is 0.117. The highest BCUT2D eigenvalue weighted by molar-refractivity contribution is 9.10. The van der Waals surface area contributed by atoms with E-state index in [0.29, 0.717) is 10.9 Å². The molecule has 1 aromatic carbocycles. The van der Waals surface area contributed by atoms with Gasteiger partial charge in [0.05, 0.1) is 12.1 Å². The number of pyridine rings is 1. The Morgan fingerprint density at radius 3 is 2.93 bits per heavy atom. The van der Waals surface area contributed by atoms with Crippen molar-refractivity contribution in [3.8, 4) is 0 Å². The Hall–Kier alpha value is -1.13. The Bertz CT molecular complexity index is 533. The highest BCUT2D eigenvalue weighted by Crippen LogP contribution is 2.15. The van der Waals surface area contributed by atoms with Crippen molar-refractivity contribution in [1.29, 1.82) is 0 Å². The minimum Gasteiger partial charge on any atom is -0.391 e. The summed E-state index contributed by atoms with van der Waals surface area (Å²) in [5.74, 6) is 0. The molecule has 0 aliphatic heterocycles. The molecule has 4 heteroatoms. The number of aliphatic hydroxyl groups is 1. The fourth-order valence-corrected chi connectivity index (χ4v) is 1.72. The van der Waals surface area contributed by atoms with Gasteiger partial charge in [-0.05, 0) is 18.2 Å². The number of H-pyrrole nitrogens is 1. The van der Waals surface area contributed by atoms with Crippen LogP contribution in [0.25, 0.3) is 10.9 Å². The van der Waals surface area contributed by atoms with Gasteiger partial charge in [-0.25, -0.2) is 0 Å². The summed E-state index contributed by atoms with van der Waals surface area (Å²) in [4.78, 5) is 14.6. The van der Waals surface area contributed by atoms with Crippen molar-refractivity contribution < 1.29 is 5.11 Å². The van der Waals surface area contributed by atoms with Crippen molar-refractivity contribution in [2.45, 2.75) is 6.61 Å². The van der Waals surface area contributed by atoms with Gasteiger partial charge in [0, 0.05) is 21.6 Å². The molecule has 3 nitrogen and oxygen atoms in total. The standard InChI is InChI=1S/C10H8BrNO2/c11-7-1-2-8-9(3-7)12-4-6(5-13)10(8)14/h1-4,13H,5H2,(H,12,14). The second kappa shape index (κ2) is 3.55. The Balaban J connectivity index is 2.84. The molecule has 0 bridgehead atoms. The maximum absolute atomic E-state index is 11.7. The molecule has 0 unspecified atom stereocenters. The first kappa shape index (κ1) is 9.43. The van der Waals surface area contributed by atoms with E-state index in [0.717, 1.165) is 9.99 Å². The lowest BCUT2D eigenvalue weighted by Gasteiger charge is -2.00. The van der Waals surface area contributed by atoms with Gasteiger partial charge in [-0.3, -0.25) is 4.79 Å². The second-order valence-corrected chi connectivity index (χ2v) is 3.91. The van der Waals surface area contributed by atoms with E-state index in [1.54, 1.807) is 12.1 Å². The Morgan fingerprint density at radius 2 is 2.21 bits per heavy atom. The third-order valence-corrected chi connectivity index (χ3v) is 2.58. The molecule has 0 aliphatic carbocycles.